The first-order chi connectivity index (χ1) is 19.1. The lowest BCUT2D eigenvalue weighted by atomic mass is 10.00. The average molecular weight is 545 g/mol. The Morgan fingerprint density at radius 3 is 2.18 bits per heavy atom. The van der Waals surface area contributed by atoms with E-state index >= 15 is 0 Å². The van der Waals surface area contributed by atoms with Crippen LogP contribution in [0.4, 0.5) is 21.0 Å². The lowest BCUT2D eigenvalue weighted by Crippen LogP contribution is -2.65. The number of hydrogen-bond donors (Lipinski definition) is 1. The number of carbonyl (C=O) groups is 2. The van der Waals surface area contributed by atoms with Gasteiger partial charge in [0, 0.05) is 26.2 Å². The zero-order chi connectivity index (χ0) is 26.8. The van der Waals surface area contributed by atoms with Gasteiger partial charge in [0.15, 0.2) is 0 Å². The number of nitrogens with zero attached hydrogens (tertiary/aromatic N) is 4. The van der Waals surface area contributed by atoms with Crippen LogP contribution in [0.1, 0.15) is 37.7 Å². The Hall–Kier alpha value is -3.36. The molecule has 1 aliphatic carbocycles. The van der Waals surface area contributed by atoms with E-state index in [1.807, 2.05) is 70.5 Å². The van der Waals surface area contributed by atoms with Crippen LogP contribution >= 0.6 is 11.3 Å². The highest BCUT2D eigenvalue weighted by atomic mass is 32.1. The second kappa shape index (κ2) is 11.4. The minimum Gasteiger partial charge on any atom is -0.396 e. The molecule has 3 atom stereocenters. The minimum absolute atomic E-state index is 0.0287. The first-order valence-electron chi connectivity index (χ1n) is 14.0. The van der Waals surface area contributed by atoms with Crippen molar-refractivity contribution in [2.45, 2.75) is 56.8 Å². The number of amides is 4. The van der Waals surface area contributed by atoms with Crippen molar-refractivity contribution in [3.05, 3.63) is 83.1 Å². The van der Waals surface area contributed by atoms with E-state index in [9.17, 15) is 14.7 Å². The monoisotopic (exact) mass is 544 g/mol. The van der Waals surface area contributed by atoms with Crippen LogP contribution in [0, 0.1) is 5.92 Å². The van der Waals surface area contributed by atoms with Crippen LogP contribution in [0.15, 0.2) is 77.5 Å². The fourth-order valence-electron chi connectivity index (χ4n) is 6.28. The number of piperazine rings is 1. The van der Waals surface area contributed by atoms with E-state index < -0.39 is 0 Å². The number of carbonyl (C=O) groups excluding carboxylic acids is 2. The van der Waals surface area contributed by atoms with E-state index in [-0.39, 0.29) is 36.8 Å². The molecule has 7 nitrogen and oxygen atoms in total. The van der Waals surface area contributed by atoms with Crippen molar-refractivity contribution in [2.24, 2.45) is 5.92 Å². The van der Waals surface area contributed by atoms with Gasteiger partial charge < -0.3 is 19.8 Å². The van der Waals surface area contributed by atoms with Gasteiger partial charge in [-0.3, -0.25) is 4.90 Å². The molecule has 3 fully saturated rings. The molecule has 0 radical (unpaired) electrons. The minimum atomic E-state index is -0.246. The molecular formula is C31H36N4O3S. The lowest BCUT2D eigenvalue weighted by molar-refractivity contribution is 0.0361. The van der Waals surface area contributed by atoms with Gasteiger partial charge in [-0.15, -0.1) is 0 Å². The number of fused-ring (bicyclic) bond motifs is 2. The van der Waals surface area contributed by atoms with Gasteiger partial charge in [0.25, 0.3) is 0 Å². The number of rotatable bonds is 8. The van der Waals surface area contributed by atoms with Gasteiger partial charge >= 0.3 is 12.1 Å². The predicted octanol–water partition coefficient (Wildman–Crippen LogP) is 5.94. The summed E-state index contributed by atoms with van der Waals surface area (Å²) >= 11 is 1.66. The number of urea groups is 2. The average Bonchev–Trinajstić information content (AvgIpc) is 3.52. The molecule has 39 heavy (non-hydrogen) atoms. The number of aliphatic hydroxyl groups is 1. The molecule has 6 rings (SSSR count). The first-order valence-corrected chi connectivity index (χ1v) is 15.0. The van der Waals surface area contributed by atoms with Gasteiger partial charge in [0.2, 0.25) is 0 Å². The van der Waals surface area contributed by atoms with Gasteiger partial charge in [-0.05, 0) is 84.7 Å². The molecule has 4 amide bonds. The van der Waals surface area contributed by atoms with E-state index in [2.05, 4.69) is 21.7 Å². The molecule has 2 aromatic carbocycles. The third-order valence-electron chi connectivity index (χ3n) is 8.31. The van der Waals surface area contributed by atoms with E-state index in [0.29, 0.717) is 25.4 Å². The van der Waals surface area contributed by atoms with Crippen molar-refractivity contribution >= 4 is 34.8 Å². The summed E-state index contributed by atoms with van der Waals surface area (Å²) in [5, 5.41) is 14.3. The summed E-state index contributed by atoms with van der Waals surface area (Å²) in [5.41, 5.74) is 2.77. The summed E-state index contributed by atoms with van der Waals surface area (Å²) in [7, 11) is 0. The largest absolute Gasteiger partial charge is 0.396 e. The van der Waals surface area contributed by atoms with Crippen LogP contribution in [0.5, 0.6) is 0 Å². The van der Waals surface area contributed by atoms with Crippen LogP contribution in [0.25, 0.3) is 0 Å². The SMILES string of the molecule is O=C(N(c1ccccc1)c1ccccc1)N1CC2CC[C@H]([C@H]1CCO)N2C(=O)N(Cc1ccsc1)CC1CC1. The summed E-state index contributed by atoms with van der Waals surface area (Å²) in [6.45, 7) is 1.85. The summed E-state index contributed by atoms with van der Waals surface area (Å²) in [6.07, 6.45) is 4.53. The second-order valence-corrected chi connectivity index (χ2v) is 11.7. The zero-order valence-electron chi connectivity index (χ0n) is 22.1. The fourth-order valence-corrected chi connectivity index (χ4v) is 6.94. The van der Waals surface area contributed by atoms with Gasteiger partial charge in [-0.1, -0.05) is 36.4 Å². The highest BCUT2D eigenvalue weighted by Crippen LogP contribution is 2.39. The van der Waals surface area contributed by atoms with Gasteiger partial charge in [0.05, 0.1) is 29.5 Å². The second-order valence-electron chi connectivity index (χ2n) is 11.0. The number of hydrogen-bond acceptors (Lipinski definition) is 4. The van der Waals surface area contributed by atoms with Crippen molar-refractivity contribution in [1.29, 1.82) is 0 Å². The molecule has 2 saturated heterocycles. The normalized spacial score (nSPS) is 22.1. The third-order valence-corrected chi connectivity index (χ3v) is 9.04. The van der Waals surface area contributed by atoms with E-state index in [4.69, 9.17) is 0 Å². The van der Waals surface area contributed by atoms with Crippen molar-refractivity contribution < 1.29 is 14.7 Å². The molecule has 2 aliphatic heterocycles. The molecular weight excluding hydrogens is 508 g/mol. The Balaban J connectivity index is 1.28. The smallest absolute Gasteiger partial charge is 0.329 e. The molecule has 204 valence electrons. The molecule has 1 unspecified atom stereocenters. The first kappa shape index (κ1) is 25.9. The Labute approximate surface area is 234 Å². The Morgan fingerprint density at radius 2 is 1.59 bits per heavy atom. The van der Waals surface area contributed by atoms with Gasteiger partial charge in [0.1, 0.15) is 0 Å². The highest BCUT2D eigenvalue weighted by molar-refractivity contribution is 7.07. The maximum atomic E-state index is 14.3. The van der Waals surface area contributed by atoms with Crippen molar-refractivity contribution in [3.8, 4) is 0 Å². The van der Waals surface area contributed by atoms with E-state index in [0.717, 1.165) is 30.8 Å². The maximum Gasteiger partial charge on any atom is 0.329 e. The Bertz CT molecular complexity index is 1210. The topological polar surface area (TPSA) is 67.3 Å². The molecule has 3 aliphatic rings. The van der Waals surface area contributed by atoms with Crippen molar-refractivity contribution in [2.75, 3.05) is 24.6 Å². The number of anilines is 2. The van der Waals surface area contributed by atoms with Crippen molar-refractivity contribution in [3.63, 3.8) is 0 Å². The molecule has 1 N–H and O–H groups in total. The van der Waals surface area contributed by atoms with Gasteiger partial charge in [-0.25, -0.2) is 9.59 Å². The summed E-state index contributed by atoms with van der Waals surface area (Å²) < 4.78 is 0. The van der Waals surface area contributed by atoms with Crippen LogP contribution in [-0.4, -0.2) is 69.7 Å². The fraction of sp³-hybridized carbons (Fsp3) is 0.419. The number of likely N-dealkylation sites (tertiary alicyclic amines) is 1. The summed E-state index contributed by atoms with van der Waals surface area (Å²) in [4.78, 5) is 36.2. The molecule has 0 spiro atoms. The summed E-state index contributed by atoms with van der Waals surface area (Å²) in [5.74, 6) is 0.589. The molecule has 3 heterocycles. The van der Waals surface area contributed by atoms with E-state index in [1.54, 1.807) is 16.2 Å². The van der Waals surface area contributed by atoms with E-state index in [1.165, 1.54) is 18.4 Å². The molecule has 8 heteroatoms. The molecule has 2 bridgehead atoms. The highest BCUT2D eigenvalue weighted by Gasteiger charge is 2.51. The number of para-hydroxylation sites is 2. The Morgan fingerprint density at radius 1 is 0.897 bits per heavy atom. The van der Waals surface area contributed by atoms with Gasteiger partial charge in [-0.2, -0.15) is 11.3 Å². The molecule has 1 saturated carbocycles. The Kier molecular flexibility index (Phi) is 7.57. The molecule has 3 aromatic rings. The lowest BCUT2D eigenvalue weighted by Gasteiger charge is -2.49. The standard InChI is InChI=1S/C31H36N4O3S/c36-17-15-28-29-14-13-27(35(29)30(37)32(19-23-11-12-23)20-24-16-18-39-22-24)21-33(28)31(38)34(25-7-3-1-4-8-25)26-9-5-2-6-10-26/h1-10,16,18,22-23,27-29,36H,11-15,17,19-21H2/t27?,28-,29-/m1/s1. The van der Waals surface area contributed by atoms with Crippen LogP contribution in [0.2, 0.25) is 0 Å². The van der Waals surface area contributed by atoms with Crippen LogP contribution < -0.4 is 4.90 Å². The van der Waals surface area contributed by atoms with Crippen LogP contribution in [0.3, 0.4) is 0 Å². The molecule has 1 aromatic heterocycles. The van der Waals surface area contributed by atoms with Crippen LogP contribution in [-0.2, 0) is 6.54 Å². The number of thiophene rings is 1. The number of benzene rings is 2. The zero-order valence-corrected chi connectivity index (χ0v) is 23.0. The quantitative estimate of drug-likeness (QED) is 0.382. The van der Waals surface area contributed by atoms with Crippen molar-refractivity contribution in [1.82, 2.24) is 14.7 Å². The number of aliphatic hydroxyl groups excluding tert-OH is 1. The summed E-state index contributed by atoms with van der Waals surface area (Å²) in [6, 6.07) is 21.1. The third kappa shape index (κ3) is 5.40. The predicted molar refractivity (Wildman–Crippen MR) is 154 cm³/mol. The maximum absolute atomic E-state index is 14.3.